The van der Waals surface area contributed by atoms with Gasteiger partial charge in [-0.2, -0.15) is 0 Å². The highest BCUT2D eigenvalue weighted by molar-refractivity contribution is 7.17. The Morgan fingerprint density at radius 2 is 1.96 bits per heavy atom. The average molecular weight is 386 g/mol. The zero-order valence-corrected chi connectivity index (χ0v) is 16.4. The molecule has 142 valence electrons. The van der Waals surface area contributed by atoms with E-state index in [0.717, 1.165) is 12.0 Å². The standard InChI is InChI=1S/C21H24FN3OS/c1-25(2)19(15-6-5-7-17(22)12-15)13-24-21(26)23-11-10-16-14-27-20-9-4-3-8-18(16)20/h3-9,12,14,19H,10-11,13H2,1-2H3,(H2,23,24,26). The largest absolute Gasteiger partial charge is 0.338 e. The first-order valence-corrected chi connectivity index (χ1v) is 9.81. The molecule has 2 aromatic carbocycles. The number of halogens is 1. The molecule has 4 nitrogen and oxygen atoms in total. The lowest BCUT2D eigenvalue weighted by Gasteiger charge is -2.25. The second-order valence-corrected chi connectivity index (χ2v) is 7.59. The molecule has 1 aromatic heterocycles. The highest BCUT2D eigenvalue weighted by Crippen LogP contribution is 2.25. The molecule has 1 unspecified atom stereocenters. The Morgan fingerprint density at radius 1 is 1.15 bits per heavy atom. The Balaban J connectivity index is 1.50. The zero-order chi connectivity index (χ0) is 19.2. The van der Waals surface area contributed by atoms with E-state index in [9.17, 15) is 9.18 Å². The SMILES string of the molecule is CN(C)C(CNC(=O)NCCc1csc2ccccc12)c1cccc(F)c1. The minimum absolute atomic E-state index is 0.0905. The third-order valence-electron chi connectivity index (χ3n) is 4.55. The van der Waals surface area contributed by atoms with Gasteiger partial charge in [-0.25, -0.2) is 9.18 Å². The average Bonchev–Trinajstić information content (AvgIpc) is 3.05. The van der Waals surface area contributed by atoms with Crippen molar-refractivity contribution in [1.29, 1.82) is 0 Å². The van der Waals surface area contributed by atoms with Crippen molar-refractivity contribution in [3.63, 3.8) is 0 Å². The number of carbonyl (C=O) groups is 1. The summed E-state index contributed by atoms with van der Waals surface area (Å²) in [6, 6.07) is 14.5. The summed E-state index contributed by atoms with van der Waals surface area (Å²) in [5.41, 5.74) is 2.09. The molecule has 0 aliphatic carbocycles. The van der Waals surface area contributed by atoms with Crippen molar-refractivity contribution in [2.75, 3.05) is 27.2 Å². The molecule has 1 heterocycles. The number of carbonyl (C=O) groups excluding carboxylic acids is 1. The molecule has 0 radical (unpaired) electrons. The number of rotatable bonds is 7. The van der Waals surface area contributed by atoms with Crippen molar-refractivity contribution in [3.05, 3.63) is 70.9 Å². The molecule has 0 fully saturated rings. The Morgan fingerprint density at radius 3 is 2.74 bits per heavy atom. The van der Waals surface area contributed by atoms with Gasteiger partial charge in [0.25, 0.3) is 0 Å². The van der Waals surface area contributed by atoms with Gasteiger partial charge in [0.2, 0.25) is 0 Å². The minimum Gasteiger partial charge on any atom is -0.338 e. The van der Waals surface area contributed by atoms with Gasteiger partial charge in [0.05, 0.1) is 6.04 Å². The number of benzene rings is 2. The number of hydrogen-bond acceptors (Lipinski definition) is 3. The topological polar surface area (TPSA) is 44.4 Å². The van der Waals surface area contributed by atoms with Crippen molar-refractivity contribution < 1.29 is 9.18 Å². The van der Waals surface area contributed by atoms with Crippen LogP contribution in [0.15, 0.2) is 53.9 Å². The van der Waals surface area contributed by atoms with Crippen LogP contribution in [0, 0.1) is 5.82 Å². The molecule has 6 heteroatoms. The first kappa shape index (κ1) is 19.3. The molecule has 0 aliphatic heterocycles. The molecular formula is C21H24FN3OS. The van der Waals surface area contributed by atoms with Gasteiger partial charge in [0, 0.05) is 17.8 Å². The van der Waals surface area contributed by atoms with Gasteiger partial charge in [-0.1, -0.05) is 30.3 Å². The Kier molecular flexibility index (Phi) is 6.42. The van der Waals surface area contributed by atoms with Gasteiger partial charge in [-0.3, -0.25) is 0 Å². The zero-order valence-electron chi connectivity index (χ0n) is 15.5. The molecule has 0 aliphatic rings. The summed E-state index contributed by atoms with van der Waals surface area (Å²) in [4.78, 5) is 14.1. The van der Waals surface area contributed by atoms with E-state index in [-0.39, 0.29) is 17.9 Å². The van der Waals surface area contributed by atoms with Gasteiger partial charge in [-0.05, 0) is 60.6 Å². The molecule has 0 spiro atoms. The molecule has 3 rings (SSSR count). The molecule has 0 bridgehead atoms. The van der Waals surface area contributed by atoms with Gasteiger partial charge in [0.1, 0.15) is 5.82 Å². The first-order chi connectivity index (χ1) is 13.0. The predicted octanol–water partition coefficient (Wildman–Crippen LogP) is 4.19. The molecule has 1 atom stereocenters. The number of nitrogens with one attached hydrogen (secondary N) is 2. The number of nitrogens with zero attached hydrogens (tertiary/aromatic N) is 1. The van der Waals surface area contributed by atoms with Crippen LogP contribution in [0.5, 0.6) is 0 Å². The van der Waals surface area contributed by atoms with Crippen LogP contribution in [0.3, 0.4) is 0 Å². The second-order valence-electron chi connectivity index (χ2n) is 6.68. The van der Waals surface area contributed by atoms with Gasteiger partial charge in [0.15, 0.2) is 0 Å². The lowest BCUT2D eigenvalue weighted by Crippen LogP contribution is -2.41. The lowest BCUT2D eigenvalue weighted by atomic mass is 10.1. The Bertz CT molecular complexity index is 909. The van der Waals surface area contributed by atoms with Crippen LogP contribution in [0.25, 0.3) is 10.1 Å². The summed E-state index contributed by atoms with van der Waals surface area (Å²) in [5.74, 6) is -0.271. The number of likely N-dealkylation sites (N-methyl/N-ethyl adjacent to an activating group) is 1. The predicted molar refractivity (Wildman–Crippen MR) is 110 cm³/mol. The molecule has 0 saturated carbocycles. The molecule has 2 N–H and O–H groups in total. The molecular weight excluding hydrogens is 361 g/mol. The Labute approximate surface area is 163 Å². The third kappa shape index (κ3) is 5.05. The number of amides is 2. The van der Waals surface area contributed by atoms with E-state index in [4.69, 9.17) is 0 Å². The normalized spacial score (nSPS) is 12.3. The lowest BCUT2D eigenvalue weighted by molar-refractivity contribution is 0.233. The molecule has 27 heavy (non-hydrogen) atoms. The van der Waals surface area contributed by atoms with E-state index in [1.807, 2.05) is 37.2 Å². The fraction of sp³-hybridized carbons (Fsp3) is 0.286. The summed E-state index contributed by atoms with van der Waals surface area (Å²) >= 11 is 1.72. The van der Waals surface area contributed by atoms with Crippen molar-refractivity contribution in [3.8, 4) is 0 Å². The molecule has 0 saturated heterocycles. The summed E-state index contributed by atoms with van der Waals surface area (Å²) in [6.07, 6.45) is 0.790. The second kappa shape index (κ2) is 8.97. The van der Waals surface area contributed by atoms with Gasteiger partial charge >= 0.3 is 6.03 Å². The summed E-state index contributed by atoms with van der Waals surface area (Å²) in [7, 11) is 3.83. The van der Waals surface area contributed by atoms with E-state index < -0.39 is 0 Å². The maximum absolute atomic E-state index is 13.5. The van der Waals surface area contributed by atoms with Crippen molar-refractivity contribution in [2.24, 2.45) is 0 Å². The van der Waals surface area contributed by atoms with Crippen LogP contribution >= 0.6 is 11.3 Å². The van der Waals surface area contributed by atoms with E-state index >= 15 is 0 Å². The van der Waals surface area contributed by atoms with Crippen LogP contribution < -0.4 is 10.6 Å². The monoisotopic (exact) mass is 385 g/mol. The highest BCUT2D eigenvalue weighted by Gasteiger charge is 2.15. The van der Waals surface area contributed by atoms with Crippen molar-refractivity contribution in [1.82, 2.24) is 15.5 Å². The molecule has 2 amide bonds. The van der Waals surface area contributed by atoms with Crippen LogP contribution in [-0.4, -0.2) is 38.1 Å². The summed E-state index contributed by atoms with van der Waals surface area (Å²) in [6.45, 7) is 0.975. The van der Waals surface area contributed by atoms with Crippen molar-refractivity contribution >= 4 is 27.5 Å². The van der Waals surface area contributed by atoms with E-state index in [1.54, 1.807) is 17.4 Å². The summed E-state index contributed by atoms with van der Waals surface area (Å²) in [5, 5.41) is 9.19. The maximum Gasteiger partial charge on any atom is 0.314 e. The van der Waals surface area contributed by atoms with E-state index in [1.165, 1.54) is 27.8 Å². The van der Waals surface area contributed by atoms with Gasteiger partial charge in [-0.15, -0.1) is 11.3 Å². The van der Waals surface area contributed by atoms with E-state index in [0.29, 0.717) is 13.1 Å². The fourth-order valence-corrected chi connectivity index (χ4v) is 4.10. The maximum atomic E-state index is 13.5. The first-order valence-electron chi connectivity index (χ1n) is 8.93. The quantitative estimate of drug-likeness (QED) is 0.641. The van der Waals surface area contributed by atoms with Crippen molar-refractivity contribution in [2.45, 2.75) is 12.5 Å². The third-order valence-corrected chi connectivity index (χ3v) is 5.57. The number of urea groups is 1. The smallest absolute Gasteiger partial charge is 0.314 e. The van der Waals surface area contributed by atoms with Crippen LogP contribution in [0.1, 0.15) is 17.2 Å². The van der Waals surface area contributed by atoms with Crippen LogP contribution in [-0.2, 0) is 6.42 Å². The molecule has 3 aromatic rings. The fourth-order valence-electron chi connectivity index (χ4n) is 3.10. The number of fused-ring (bicyclic) bond motifs is 1. The van der Waals surface area contributed by atoms with E-state index in [2.05, 4.69) is 28.1 Å². The van der Waals surface area contributed by atoms with Crippen LogP contribution in [0.2, 0.25) is 0 Å². The Hall–Kier alpha value is -2.44. The minimum atomic E-state index is -0.271. The number of thiophene rings is 1. The van der Waals surface area contributed by atoms with Gasteiger partial charge < -0.3 is 15.5 Å². The number of hydrogen-bond donors (Lipinski definition) is 2. The highest BCUT2D eigenvalue weighted by atomic mass is 32.1. The summed E-state index contributed by atoms with van der Waals surface area (Å²) < 4.78 is 14.7. The van der Waals surface area contributed by atoms with Crippen LogP contribution in [0.4, 0.5) is 9.18 Å².